The molecular formula is C21H35NO7. The lowest BCUT2D eigenvalue weighted by Gasteiger charge is -2.38. The molecule has 0 amide bonds. The molecule has 1 saturated carbocycles. The van der Waals surface area contributed by atoms with Crippen LogP contribution in [0.2, 0.25) is 0 Å². The van der Waals surface area contributed by atoms with Crippen LogP contribution in [0.25, 0.3) is 0 Å². The van der Waals surface area contributed by atoms with Crippen LogP contribution in [0.3, 0.4) is 0 Å². The lowest BCUT2D eigenvalue weighted by molar-refractivity contribution is -0.742. The molecule has 1 heterocycles. The Labute approximate surface area is 173 Å². The summed E-state index contributed by atoms with van der Waals surface area (Å²) >= 11 is 0. The maximum absolute atomic E-state index is 12.5. The molecule has 1 saturated heterocycles. The summed E-state index contributed by atoms with van der Waals surface area (Å²) in [7, 11) is 0. The predicted octanol–water partition coefficient (Wildman–Crippen LogP) is 3.21. The molecule has 166 valence electrons. The zero-order chi connectivity index (χ0) is 21.6. The van der Waals surface area contributed by atoms with Crippen molar-refractivity contribution in [1.82, 2.24) is 0 Å². The number of carbonyl (C=O) groups excluding carboxylic acids is 2. The van der Waals surface area contributed by atoms with Crippen LogP contribution in [-0.4, -0.2) is 48.2 Å². The first-order chi connectivity index (χ1) is 13.8. The summed E-state index contributed by atoms with van der Waals surface area (Å²) in [6.45, 7) is 10.2. The van der Waals surface area contributed by atoms with Crippen molar-refractivity contribution in [3.8, 4) is 0 Å². The number of esters is 2. The van der Waals surface area contributed by atoms with E-state index in [0.29, 0.717) is 24.2 Å². The van der Waals surface area contributed by atoms with E-state index in [1.54, 1.807) is 6.92 Å². The summed E-state index contributed by atoms with van der Waals surface area (Å²) in [6, 6.07) is 0. The van der Waals surface area contributed by atoms with Gasteiger partial charge in [-0.15, -0.1) is 0 Å². The molecule has 1 aliphatic heterocycles. The highest BCUT2D eigenvalue weighted by Crippen LogP contribution is 2.38. The van der Waals surface area contributed by atoms with Crippen molar-refractivity contribution in [3.05, 3.63) is 5.21 Å². The highest BCUT2D eigenvalue weighted by Gasteiger charge is 2.50. The Morgan fingerprint density at radius 1 is 1.31 bits per heavy atom. The van der Waals surface area contributed by atoms with Gasteiger partial charge in [0, 0.05) is 4.90 Å². The second-order valence-electron chi connectivity index (χ2n) is 8.37. The van der Waals surface area contributed by atoms with Crippen LogP contribution in [0.1, 0.15) is 66.7 Å². The van der Waals surface area contributed by atoms with Gasteiger partial charge in [-0.25, -0.2) is 4.79 Å². The summed E-state index contributed by atoms with van der Waals surface area (Å²) in [6.07, 6.45) is 2.41. The highest BCUT2D eigenvalue weighted by molar-refractivity contribution is 6.35. The van der Waals surface area contributed by atoms with E-state index < -0.39 is 24.1 Å². The number of rotatable bonds is 9. The monoisotopic (exact) mass is 413 g/mol. The van der Waals surface area contributed by atoms with Crippen molar-refractivity contribution in [2.24, 2.45) is 23.7 Å². The van der Waals surface area contributed by atoms with E-state index in [0.717, 1.165) is 19.3 Å². The maximum atomic E-state index is 12.5. The highest BCUT2D eigenvalue weighted by atomic mass is 16.9. The molecule has 0 unspecified atom stereocenters. The molecule has 0 aromatic heterocycles. The normalized spacial score (nSPS) is 30.7. The zero-order valence-electron chi connectivity index (χ0n) is 18.2. The van der Waals surface area contributed by atoms with Gasteiger partial charge in [-0.05, 0) is 43.9 Å². The molecule has 8 nitrogen and oxygen atoms in total. The van der Waals surface area contributed by atoms with Gasteiger partial charge in [-0.3, -0.25) is 10.0 Å². The Kier molecular flexibility index (Phi) is 8.74. The molecule has 2 aliphatic rings. The fourth-order valence-corrected chi connectivity index (χ4v) is 4.14. The topological polar surface area (TPSA) is 97.1 Å². The van der Waals surface area contributed by atoms with E-state index in [1.165, 1.54) is 0 Å². The molecule has 5 atom stereocenters. The van der Waals surface area contributed by atoms with Crippen LogP contribution in [-0.2, 0) is 28.6 Å². The second kappa shape index (κ2) is 10.8. The fraction of sp³-hybridized carbons (Fsp3) is 0.857. The summed E-state index contributed by atoms with van der Waals surface area (Å²) < 4.78 is 16.7. The van der Waals surface area contributed by atoms with E-state index in [-0.39, 0.29) is 36.4 Å². The van der Waals surface area contributed by atoms with Crippen molar-refractivity contribution in [1.29, 1.82) is 0 Å². The van der Waals surface area contributed by atoms with E-state index in [2.05, 4.69) is 20.8 Å². The molecule has 0 spiro atoms. The number of nitrogens with zero attached hydrogens (tertiary/aromatic N) is 1. The van der Waals surface area contributed by atoms with Gasteiger partial charge in [0.1, 0.15) is 5.92 Å². The third-order valence-electron chi connectivity index (χ3n) is 5.68. The van der Waals surface area contributed by atoms with E-state index in [4.69, 9.17) is 19.0 Å². The molecule has 29 heavy (non-hydrogen) atoms. The van der Waals surface area contributed by atoms with Crippen LogP contribution >= 0.6 is 0 Å². The lowest BCUT2D eigenvalue weighted by Crippen LogP contribution is -2.43. The second-order valence-corrected chi connectivity index (χ2v) is 8.37. The lowest BCUT2D eigenvalue weighted by atomic mass is 9.75. The van der Waals surface area contributed by atoms with E-state index in [9.17, 15) is 14.8 Å². The minimum atomic E-state index is -1.000. The van der Waals surface area contributed by atoms with Crippen LogP contribution in [0, 0.1) is 28.9 Å². The smallest absolute Gasteiger partial charge is 0.405 e. The first kappa shape index (κ1) is 23.4. The van der Waals surface area contributed by atoms with Gasteiger partial charge in [0.15, 0.2) is 0 Å². The molecule has 0 aromatic carbocycles. The van der Waals surface area contributed by atoms with Crippen LogP contribution in [0.4, 0.5) is 0 Å². The number of carbonyl (C=O) groups is 2. The Balaban J connectivity index is 2.27. The molecule has 0 bridgehead atoms. The maximum Gasteiger partial charge on any atom is 0.405 e. The van der Waals surface area contributed by atoms with Gasteiger partial charge < -0.3 is 19.0 Å². The Morgan fingerprint density at radius 2 is 2.03 bits per heavy atom. The first-order valence-electron chi connectivity index (χ1n) is 10.8. The average Bonchev–Trinajstić information content (AvgIpc) is 3.00. The largest absolute Gasteiger partial charge is 0.458 e. The Bertz CT molecular complexity index is 604. The van der Waals surface area contributed by atoms with Gasteiger partial charge in [0.2, 0.25) is 6.29 Å². The number of cyclic esters (lactones) is 1. The summed E-state index contributed by atoms with van der Waals surface area (Å²) in [4.78, 5) is 29.9. The van der Waals surface area contributed by atoms with Crippen LogP contribution in [0.15, 0.2) is 0 Å². The van der Waals surface area contributed by atoms with Crippen molar-refractivity contribution < 1.29 is 33.5 Å². The van der Waals surface area contributed by atoms with Gasteiger partial charge in [-0.1, -0.05) is 34.1 Å². The van der Waals surface area contributed by atoms with Crippen molar-refractivity contribution >= 4 is 17.7 Å². The summed E-state index contributed by atoms with van der Waals surface area (Å²) in [5.41, 5.74) is -0.277. The summed E-state index contributed by atoms with van der Waals surface area (Å²) in [5, 5.41) is 12.5. The average molecular weight is 414 g/mol. The number of ether oxygens (including phenoxy) is 3. The Morgan fingerprint density at radius 3 is 2.66 bits per heavy atom. The number of hydrogen-bond acceptors (Lipinski definition) is 7. The molecule has 0 N–H and O–H groups in total. The van der Waals surface area contributed by atoms with Gasteiger partial charge in [0.25, 0.3) is 0 Å². The van der Waals surface area contributed by atoms with Crippen LogP contribution < -0.4 is 0 Å². The predicted molar refractivity (Wildman–Crippen MR) is 106 cm³/mol. The van der Waals surface area contributed by atoms with Gasteiger partial charge in [-0.2, -0.15) is 0 Å². The molecule has 1 aliphatic carbocycles. The van der Waals surface area contributed by atoms with E-state index >= 15 is 0 Å². The van der Waals surface area contributed by atoms with Crippen LogP contribution in [0.5, 0.6) is 0 Å². The third-order valence-corrected chi connectivity index (χ3v) is 5.68. The standard InChI is InChI=1S/C21H35NO7/c1-6-10-27-22(25)19(20(24)26-7-2)16-12-18(23)29-21(16)28-17-11-14(5)8-9-15(17)13(3)4/h13-17,21H,6-12H2,1-5H3/b22-19-/t14-,15+,16-,17-,21+/m0/s1. The molecule has 2 rings (SSSR count). The quantitative estimate of drug-likeness (QED) is 0.248. The van der Waals surface area contributed by atoms with Crippen molar-refractivity contribution in [2.75, 3.05) is 13.2 Å². The molecule has 0 aromatic rings. The number of hydrogen-bond donors (Lipinski definition) is 0. The van der Waals surface area contributed by atoms with Gasteiger partial charge in [0.05, 0.1) is 25.7 Å². The molecule has 0 radical (unpaired) electrons. The zero-order valence-corrected chi connectivity index (χ0v) is 18.2. The van der Waals surface area contributed by atoms with Crippen molar-refractivity contribution in [3.63, 3.8) is 0 Å². The first-order valence-corrected chi connectivity index (χ1v) is 10.8. The minimum Gasteiger partial charge on any atom is -0.458 e. The molecule has 8 heteroatoms. The van der Waals surface area contributed by atoms with Crippen molar-refractivity contribution in [2.45, 2.75) is 79.1 Å². The van der Waals surface area contributed by atoms with Gasteiger partial charge >= 0.3 is 17.7 Å². The SMILES string of the molecule is CCCO/[N+]([O-])=C(\C(=O)OCC)[C@@H]1CC(=O)O[C@H]1O[C@H]1C[C@@H](C)CC[C@@H]1C(C)C. The fourth-order valence-electron chi connectivity index (χ4n) is 4.14. The summed E-state index contributed by atoms with van der Waals surface area (Å²) in [5.74, 6) is -0.926. The molecule has 2 fully saturated rings. The minimum absolute atomic E-state index is 0.0998. The molecular weight excluding hydrogens is 378 g/mol. The van der Waals surface area contributed by atoms with E-state index in [1.807, 2.05) is 6.92 Å². The third kappa shape index (κ3) is 6.07. The Hall–Kier alpha value is -1.83.